The van der Waals surface area contributed by atoms with Crippen LogP contribution in [0.2, 0.25) is 19.6 Å². The monoisotopic (exact) mass is 505 g/mol. The highest BCUT2D eigenvalue weighted by atomic mass is 28.3. The standard InChI is InChI=1S/C25H39N3O6Si/c1-17(35(5,6)7)33-23(30)28-21-15-19(26-24(31)34-25(2,3)4)13-14-20(21)27-22(29)32-16-18-11-9-8-10-12-18/h8-14,17,19-21H,15-16H2,1-7H3,(H,26,31)(H,27,29)(H,28,30)/t17?,19-,20-,21-/m1/s1. The number of rotatable bonds is 7. The number of hydrogen-bond acceptors (Lipinski definition) is 6. The summed E-state index contributed by atoms with van der Waals surface area (Å²) in [6.45, 7) is 13.7. The number of carbonyl (C=O) groups excluding carboxylic acids is 3. The van der Waals surface area contributed by atoms with Crippen molar-refractivity contribution in [3.8, 4) is 0 Å². The van der Waals surface area contributed by atoms with Gasteiger partial charge in [0.1, 0.15) is 12.2 Å². The Balaban J connectivity index is 2.05. The molecule has 0 saturated carbocycles. The predicted molar refractivity (Wildman–Crippen MR) is 137 cm³/mol. The molecule has 3 amide bonds. The van der Waals surface area contributed by atoms with Gasteiger partial charge in [0.05, 0.1) is 31.9 Å². The second-order valence-corrected chi connectivity index (χ2v) is 16.3. The van der Waals surface area contributed by atoms with Gasteiger partial charge in [-0.3, -0.25) is 0 Å². The predicted octanol–water partition coefficient (Wildman–Crippen LogP) is 4.50. The van der Waals surface area contributed by atoms with Crippen LogP contribution in [0.3, 0.4) is 0 Å². The van der Waals surface area contributed by atoms with Crippen molar-refractivity contribution in [1.82, 2.24) is 16.0 Å². The van der Waals surface area contributed by atoms with Crippen molar-refractivity contribution >= 4 is 26.4 Å². The van der Waals surface area contributed by atoms with Crippen molar-refractivity contribution in [2.45, 2.75) is 89.8 Å². The second kappa shape index (κ2) is 12.1. The molecule has 0 radical (unpaired) electrons. The summed E-state index contributed by atoms with van der Waals surface area (Å²) < 4.78 is 16.2. The number of nitrogens with one attached hydrogen (secondary N) is 3. The van der Waals surface area contributed by atoms with Gasteiger partial charge < -0.3 is 30.2 Å². The minimum atomic E-state index is -1.69. The Bertz CT molecular complexity index is 895. The molecule has 2 rings (SSSR count). The van der Waals surface area contributed by atoms with Crippen LogP contribution < -0.4 is 16.0 Å². The van der Waals surface area contributed by atoms with Crippen LogP contribution >= 0.6 is 0 Å². The molecular weight excluding hydrogens is 466 g/mol. The van der Waals surface area contributed by atoms with Gasteiger partial charge in [0, 0.05) is 0 Å². The summed E-state index contributed by atoms with van der Waals surface area (Å²) in [6, 6.07) is 7.85. The molecule has 1 unspecified atom stereocenters. The van der Waals surface area contributed by atoms with Gasteiger partial charge in [-0.05, 0) is 39.7 Å². The molecular formula is C25H39N3O6Si. The largest absolute Gasteiger partial charge is 0.450 e. The van der Waals surface area contributed by atoms with Gasteiger partial charge in [-0.15, -0.1) is 0 Å². The molecule has 0 bridgehead atoms. The lowest BCUT2D eigenvalue weighted by Crippen LogP contribution is -2.56. The first-order chi connectivity index (χ1) is 16.2. The van der Waals surface area contributed by atoms with E-state index in [1.165, 1.54) is 0 Å². The normalized spacial score (nSPS) is 20.8. The second-order valence-electron chi connectivity index (χ2n) is 10.8. The molecule has 0 heterocycles. The molecule has 0 saturated heterocycles. The Labute approximate surface area is 209 Å². The average Bonchev–Trinajstić information content (AvgIpc) is 2.72. The zero-order valence-corrected chi connectivity index (χ0v) is 22.7. The Morgan fingerprint density at radius 1 is 0.971 bits per heavy atom. The summed E-state index contributed by atoms with van der Waals surface area (Å²) in [4.78, 5) is 37.3. The van der Waals surface area contributed by atoms with Crippen molar-refractivity contribution in [2.75, 3.05) is 0 Å². The zero-order chi connectivity index (χ0) is 26.2. The van der Waals surface area contributed by atoms with Gasteiger partial charge in [-0.25, -0.2) is 14.4 Å². The molecule has 10 heteroatoms. The van der Waals surface area contributed by atoms with Crippen molar-refractivity contribution in [3.63, 3.8) is 0 Å². The highest BCUT2D eigenvalue weighted by molar-refractivity contribution is 6.77. The molecule has 0 fully saturated rings. The zero-order valence-electron chi connectivity index (χ0n) is 21.7. The minimum absolute atomic E-state index is 0.125. The maximum absolute atomic E-state index is 12.6. The molecule has 3 N–H and O–H groups in total. The molecule has 1 aliphatic carbocycles. The Morgan fingerprint density at radius 3 is 2.23 bits per heavy atom. The molecule has 35 heavy (non-hydrogen) atoms. The summed E-state index contributed by atoms with van der Waals surface area (Å²) in [5.41, 5.74) is 0.0328. The first-order valence-electron chi connectivity index (χ1n) is 11.8. The van der Waals surface area contributed by atoms with Gasteiger partial charge >= 0.3 is 18.3 Å². The fourth-order valence-corrected chi connectivity index (χ4v) is 3.63. The molecule has 9 nitrogen and oxygen atoms in total. The van der Waals surface area contributed by atoms with Crippen LogP contribution in [0.15, 0.2) is 42.5 Å². The van der Waals surface area contributed by atoms with E-state index in [0.717, 1.165) is 5.56 Å². The average molecular weight is 506 g/mol. The van der Waals surface area contributed by atoms with E-state index in [2.05, 4.69) is 35.6 Å². The van der Waals surface area contributed by atoms with Gasteiger partial charge in [0.2, 0.25) is 0 Å². The van der Waals surface area contributed by atoms with E-state index in [4.69, 9.17) is 14.2 Å². The van der Waals surface area contributed by atoms with Crippen LogP contribution in [0.1, 0.15) is 39.7 Å². The van der Waals surface area contributed by atoms with Gasteiger partial charge in [0.15, 0.2) is 0 Å². The van der Waals surface area contributed by atoms with Crippen molar-refractivity contribution in [1.29, 1.82) is 0 Å². The third-order valence-corrected chi connectivity index (χ3v) is 8.06. The van der Waals surface area contributed by atoms with Gasteiger partial charge in [-0.2, -0.15) is 0 Å². The fourth-order valence-electron chi connectivity index (χ4n) is 3.17. The lowest BCUT2D eigenvalue weighted by molar-refractivity contribution is 0.0507. The van der Waals surface area contributed by atoms with Crippen molar-refractivity contribution in [2.24, 2.45) is 0 Å². The van der Waals surface area contributed by atoms with Crippen LogP contribution in [-0.2, 0) is 20.8 Å². The number of ether oxygens (including phenoxy) is 3. The van der Waals surface area contributed by atoms with E-state index in [0.29, 0.717) is 6.42 Å². The van der Waals surface area contributed by atoms with Crippen LogP contribution in [0.5, 0.6) is 0 Å². The molecule has 4 atom stereocenters. The third-order valence-electron chi connectivity index (χ3n) is 5.50. The Hall–Kier alpha value is -3.01. The number of alkyl carbamates (subject to hydrolysis) is 3. The summed E-state index contributed by atoms with van der Waals surface area (Å²) in [6.07, 6.45) is 2.08. The third kappa shape index (κ3) is 10.4. The summed E-state index contributed by atoms with van der Waals surface area (Å²) in [5, 5.41) is 8.42. The maximum atomic E-state index is 12.6. The van der Waals surface area contributed by atoms with E-state index in [9.17, 15) is 14.4 Å². The fraction of sp³-hybridized carbons (Fsp3) is 0.560. The van der Waals surface area contributed by atoms with Crippen molar-refractivity contribution < 1.29 is 28.6 Å². The van der Waals surface area contributed by atoms with Crippen LogP contribution in [0.4, 0.5) is 14.4 Å². The lowest BCUT2D eigenvalue weighted by Gasteiger charge is -2.34. The first kappa shape index (κ1) is 28.2. The van der Waals surface area contributed by atoms with E-state index in [-0.39, 0.29) is 12.3 Å². The molecule has 0 aliphatic heterocycles. The summed E-state index contributed by atoms with van der Waals surface area (Å²) >= 11 is 0. The summed E-state index contributed by atoms with van der Waals surface area (Å²) in [5.74, 6) is 0. The van der Waals surface area contributed by atoms with E-state index < -0.39 is 50.1 Å². The SMILES string of the molecule is CC(OC(=O)N[C@@H]1C[C@H](NC(=O)OC(C)(C)C)C=C[C@H]1NC(=O)OCc1ccccc1)[Si](C)(C)C. The lowest BCUT2D eigenvalue weighted by atomic mass is 9.93. The maximum Gasteiger partial charge on any atom is 0.408 e. The van der Waals surface area contributed by atoms with E-state index >= 15 is 0 Å². The molecule has 1 aromatic rings. The smallest absolute Gasteiger partial charge is 0.408 e. The van der Waals surface area contributed by atoms with Crippen LogP contribution in [0.25, 0.3) is 0 Å². The van der Waals surface area contributed by atoms with E-state index in [1.54, 1.807) is 32.9 Å². The molecule has 194 valence electrons. The minimum Gasteiger partial charge on any atom is -0.450 e. The van der Waals surface area contributed by atoms with Crippen molar-refractivity contribution in [3.05, 3.63) is 48.0 Å². The van der Waals surface area contributed by atoms with Crippen LogP contribution in [-0.4, -0.2) is 55.8 Å². The topological polar surface area (TPSA) is 115 Å². The molecule has 0 aromatic heterocycles. The van der Waals surface area contributed by atoms with Crippen LogP contribution in [0, 0.1) is 0 Å². The quantitative estimate of drug-likeness (QED) is 0.286. The number of hydrogen-bond donors (Lipinski definition) is 3. The molecule has 1 aromatic carbocycles. The highest BCUT2D eigenvalue weighted by Gasteiger charge is 2.33. The van der Waals surface area contributed by atoms with Gasteiger partial charge in [0.25, 0.3) is 0 Å². The number of carbonyl (C=O) groups is 3. The van der Waals surface area contributed by atoms with E-state index in [1.807, 2.05) is 37.3 Å². The highest BCUT2D eigenvalue weighted by Crippen LogP contribution is 2.17. The number of amides is 3. The Morgan fingerprint density at radius 2 is 1.63 bits per heavy atom. The number of benzene rings is 1. The summed E-state index contributed by atoms with van der Waals surface area (Å²) in [7, 11) is -1.69. The first-order valence-corrected chi connectivity index (χ1v) is 15.4. The molecule has 1 aliphatic rings. The Kier molecular flexibility index (Phi) is 9.76. The molecule has 0 spiro atoms. The van der Waals surface area contributed by atoms with Gasteiger partial charge in [-0.1, -0.05) is 62.1 Å².